The first-order valence-electron chi connectivity index (χ1n) is 10.4. The Morgan fingerprint density at radius 3 is 2.30 bits per heavy atom. The molecule has 0 bridgehead atoms. The molecule has 2 amide bonds. The van der Waals surface area contributed by atoms with Crippen LogP contribution in [0.5, 0.6) is 0 Å². The number of halogens is 1. The van der Waals surface area contributed by atoms with E-state index in [1.165, 1.54) is 41.6 Å². The highest BCUT2D eigenvalue weighted by molar-refractivity contribution is 6.09. The fourth-order valence-electron chi connectivity index (χ4n) is 3.44. The molecule has 0 spiro atoms. The van der Waals surface area contributed by atoms with Crippen molar-refractivity contribution in [3.63, 3.8) is 0 Å². The van der Waals surface area contributed by atoms with Crippen molar-refractivity contribution in [1.29, 1.82) is 0 Å². The van der Waals surface area contributed by atoms with Crippen LogP contribution < -0.4 is 10.2 Å². The van der Waals surface area contributed by atoms with Crippen LogP contribution in [0.2, 0.25) is 0 Å². The van der Waals surface area contributed by atoms with Gasteiger partial charge in [0, 0.05) is 18.9 Å². The van der Waals surface area contributed by atoms with E-state index in [0.29, 0.717) is 11.3 Å². The lowest BCUT2D eigenvalue weighted by molar-refractivity contribution is -0.122. The van der Waals surface area contributed by atoms with Crippen LogP contribution in [-0.2, 0) is 11.3 Å². The van der Waals surface area contributed by atoms with Gasteiger partial charge in [-0.25, -0.2) is 4.39 Å². The molecule has 33 heavy (non-hydrogen) atoms. The molecule has 164 valence electrons. The van der Waals surface area contributed by atoms with Crippen LogP contribution in [0.1, 0.15) is 27.7 Å². The second-order valence-electron chi connectivity index (χ2n) is 7.26. The third-order valence-corrected chi connectivity index (χ3v) is 5.03. The lowest BCUT2D eigenvalue weighted by atomic mass is 10.0. The highest BCUT2D eigenvalue weighted by Crippen LogP contribution is 2.29. The third kappa shape index (κ3) is 5.27. The molecule has 0 saturated heterocycles. The molecule has 0 aliphatic rings. The zero-order valence-corrected chi connectivity index (χ0v) is 17.6. The predicted octanol–water partition coefficient (Wildman–Crippen LogP) is 4.32. The Bertz CT molecular complexity index is 1200. The van der Waals surface area contributed by atoms with Crippen LogP contribution in [0.25, 0.3) is 0 Å². The summed E-state index contributed by atoms with van der Waals surface area (Å²) in [4.78, 5) is 36.7. The first-order valence-corrected chi connectivity index (χ1v) is 10.4. The molecular weight excluding hydrogens is 419 g/mol. The standard InChI is InChI=1S/C26H21FN4O2/c27-21-13-11-20(12-14-21)24(25(32)30-17-19-7-2-1-3-8-19)31(22-9-6-15-28-18-22)26(33)23-10-4-5-16-29-23/h1-16,18,24H,17H2,(H,30,32)/t24-/m1/s1. The Morgan fingerprint density at radius 1 is 0.879 bits per heavy atom. The number of aromatic nitrogens is 2. The fraction of sp³-hybridized carbons (Fsp3) is 0.0769. The summed E-state index contributed by atoms with van der Waals surface area (Å²) >= 11 is 0. The predicted molar refractivity (Wildman–Crippen MR) is 123 cm³/mol. The van der Waals surface area contributed by atoms with Crippen LogP contribution in [0, 0.1) is 5.82 Å². The van der Waals surface area contributed by atoms with Gasteiger partial charge in [0.25, 0.3) is 5.91 Å². The third-order valence-electron chi connectivity index (χ3n) is 5.03. The molecule has 0 aliphatic carbocycles. The van der Waals surface area contributed by atoms with E-state index in [0.717, 1.165) is 5.56 Å². The summed E-state index contributed by atoms with van der Waals surface area (Å²) in [6.45, 7) is 0.274. The molecule has 2 heterocycles. The minimum Gasteiger partial charge on any atom is -0.350 e. The number of rotatable bonds is 7. The normalized spacial score (nSPS) is 11.4. The molecule has 2 aromatic heterocycles. The van der Waals surface area contributed by atoms with Crippen molar-refractivity contribution in [3.05, 3.63) is 126 Å². The van der Waals surface area contributed by atoms with Crippen LogP contribution in [0.3, 0.4) is 0 Å². The molecule has 4 rings (SSSR count). The largest absolute Gasteiger partial charge is 0.350 e. The first kappa shape index (κ1) is 21.8. The van der Waals surface area contributed by atoms with E-state index < -0.39 is 23.7 Å². The van der Waals surface area contributed by atoms with E-state index in [2.05, 4.69) is 15.3 Å². The van der Waals surface area contributed by atoms with E-state index in [-0.39, 0.29) is 12.2 Å². The topological polar surface area (TPSA) is 75.2 Å². The number of nitrogens with zero attached hydrogens (tertiary/aromatic N) is 3. The smallest absolute Gasteiger partial charge is 0.277 e. The number of pyridine rings is 2. The van der Waals surface area contributed by atoms with Gasteiger partial charge in [-0.15, -0.1) is 0 Å². The number of benzene rings is 2. The molecule has 7 heteroatoms. The van der Waals surface area contributed by atoms with E-state index in [9.17, 15) is 14.0 Å². The Balaban J connectivity index is 1.76. The number of amides is 2. The summed E-state index contributed by atoms with van der Waals surface area (Å²) in [6, 6.07) is 22.2. The number of nitrogens with one attached hydrogen (secondary N) is 1. The molecule has 1 N–H and O–H groups in total. The molecule has 4 aromatic rings. The molecule has 0 unspecified atom stereocenters. The SMILES string of the molecule is O=C(NCc1ccccc1)[C@@H](c1ccc(F)cc1)N(C(=O)c1ccccn1)c1cccnc1. The highest BCUT2D eigenvalue weighted by Gasteiger charge is 2.34. The lowest BCUT2D eigenvalue weighted by Crippen LogP contribution is -2.44. The Kier molecular flexibility index (Phi) is 6.80. The molecule has 1 atom stereocenters. The Hall–Kier alpha value is -4.39. The number of carbonyl (C=O) groups excluding carboxylic acids is 2. The van der Waals surface area contributed by atoms with Gasteiger partial charge in [-0.3, -0.25) is 24.5 Å². The van der Waals surface area contributed by atoms with Crippen molar-refractivity contribution >= 4 is 17.5 Å². The highest BCUT2D eigenvalue weighted by atomic mass is 19.1. The van der Waals surface area contributed by atoms with Gasteiger partial charge < -0.3 is 5.32 Å². The van der Waals surface area contributed by atoms with Crippen molar-refractivity contribution in [2.45, 2.75) is 12.6 Å². The monoisotopic (exact) mass is 440 g/mol. The minimum absolute atomic E-state index is 0.171. The number of hydrogen-bond donors (Lipinski definition) is 1. The second-order valence-corrected chi connectivity index (χ2v) is 7.26. The summed E-state index contributed by atoms with van der Waals surface area (Å²) in [7, 11) is 0. The minimum atomic E-state index is -1.08. The summed E-state index contributed by atoms with van der Waals surface area (Å²) < 4.78 is 13.7. The van der Waals surface area contributed by atoms with Crippen molar-refractivity contribution in [2.24, 2.45) is 0 Å². The zero-order valence-electron chi connectivity index (χ0n) is 17.6. The summed E-state index contributed by atoms with van der Waals surface area (Å²) in [6.07, 6.45) is 4.59. The van der Waals surface area contributed by atoms with Gasteiger partial charge >= 0.3 is 0 Å². The molecular formula is C26H21FN4O2. The number of anilines is 1. The maximum atomic E-state index is 13.7. The van der Waals surface area contributed by atoms with Crippen LogP contribution in [0.4, 0.5) is 10.1 Å². The summed E-state index contributed by atoms with van der Waals surface area (Å²) in [5.74, 6) is -1.34. The number of carbonyl (C=O) groups is 2. The average Bonchev–Trinajstić information content (AvgIpc) is 2.88. The maximum Gasteiger partial charge on any atom is 0.277 e. The van der Waals surface area contributed by atoms with Crippen LogP contribution >= 0.6 is 0 Å². The lowest BCUT2D eigenvalue weighted by Gasteiger charge is -2.31. The molecule has 2 aromatic carbocycles. The van der Waals surface area contributed by atoms with E-state index in [1.54, 1.807) is 36.5 Å². The molecule has 0 radical (unpaired) electrons. The van der Waals surface area contributed by atoms with Crippen molar-refractivity contribution in [1.82, 2.24) is 15.3 Å². The van der Waals surface area contributed by atoms with Crippen LogP contribution in [-0.4, -0.2) is 21.8 Å². The van der Waals surface area contributed by atoms with Crippen molar-refractivity contribution < 1.29 is 14.0 Å². The van der Waals surface area contributed by atoms with E-state index >= 15 is 0 Å². The molecule has 0 fully saturated rings. The van der Waals surface area contributed by atoms with Gasteiger partial charge in [0.05, 0.1) is 11.9 Å². The van der Waals surface area contributed by atoms with Gasteiger partial charge in [-0.1, -0.05) is 48.5 Å². The molecule has 6 nitrogen and oxygen atoms in total. The Labute approximate surface area is 190 Å². The Morgan fingerprint density at radius 2 is 1.64 bits per heavy atom. The number of hydrogen-bond acceptors (Lipinski definition) is 4. The van der Waals surface area contributed by atoms with E-state index in [4.69, 9.17) is 0 Å². The molecule has 0 saturated carbocycles. The first-order chi connectivity index (χ1) is 16.1. The summed E-state index contributed by atoms with van der Waals surface area (Å²) in [5.41, 5.74) is 1.95. The van der Waals surface area contributed by atoms with Gasteiger partial charge in [0.1, 0.15) is 17.6 Å². The van der Waals surface area contributed by atoms with Crippen molar-refractivity contribution in [3.8, 4) is 0 Å². The van der Waals surface area contributed by atoms with Gasteiger partial charge in [0.15, 0.2) is 0 Å². The maximum absolute atomic E-state index is 13.7. The molecule has 0 aliphatic heterocycles. The second kappa shape index (κ2) is 10.3. The van der Waals surface area contributed by atoms with Crippen molar-refractivity contribution in [2.75, 3.05) is 4.90 Å². The zero-order chi connectivity index (χ0) is 23.0. The fourth-order valence-corrected chi connectivity index (χ4v) is 3.44. The summed E-state index contributed by atoms with van der Waals surface area (Å²) in [5, 5.41) is 2.90. The van der Waals surface area contributed by atoms with E-state index in [1.807, 2.05) is 30.3 Å². The van der Waals surface area contributed by atoms with Gasteiger partial charge in [-0.2, -0.15) is 0 Å². The van der Waals surface area contributed by atoms with Gasteiger partial charge in [0.2, 0.25) is 5.91 Å². The van der Waals surface area contributed by atoms with Gasteiger partial charge in [-0.05, 0) is 47.5 Å². The van der Waals surface area contributed by atoms with Crippen LogP contribution in [0.15, 0.2) is 104 Å². The quantitative estimate of drug-likeness (QED) is 0.464. The average molecular weight is 440 g/mol.